The van der Waals surface area contributed by atoms with E-state index >= 15 is 0 Å². The van der Waals surface area contributed by atoms with Gasteiger partial charge in [-0.15, -0.1) is 0 Å². The normalized spacial score (nSPS) is 13.3. The molecule has 0 heterocycles. The molecule has 1 rings (SSSR count). The Balaban J connectivity index is 2.81. The Morgan fingerprint density at radius 1 is 1.38 bits per heavy atom. The first-order valence-corrected chi connectivity index (χ1v) is 6.24. The second-order valence-electron chi connectivity index (χ2n) is 3.20. The summed E-state index contributed by atoms with van der Waals surface area (Å²) < 4.78 is 25.9. The van der Waals surface area contributed by atoms with E-state index in [2.05, 4.69) is 4.18 Å². The van der Waals surface area contributed by atoms with E-state index in [0.29, 0.717) is 5.56 Å². The minimum absolute atomic E-state index is 0.413. The molecule has 0 aliphatic rings. The molecule has 16 heavy (non-hydrogen) atoms. The summed E-state index contributed by atoms with van der Waals surface area (Å²) in [6, 6.07) is 6.95. The molecule has 1 aromatic rings. The predicted molar refractivity (Wildman–Crippen MR) is 57.0 cm³/mol. The van der Waals surface area contributed by atoms with Crippen molar-refractivity contribution in [3.05, 3.63) is 46.0 Å². The standard InChI is InChI=1S/C9H11NO5S/c1-16(13,14)15-7-9(10(11)12)8-5-3-2-4-6-8/h2-6,9H,7H2,1H3. The molecular formula is C9H11NO5S. The molecule has 0 radical (unpaired) electrons. The summed E-state index contributed by atoms with van der Waals surface area (Å²) in [5.74, 6) is 0. The van der Waals surface area contributed by atoms with Gasteiger partial charge in [0, 0.05) is 10.5 Å². The van der Waals surface area contributed by atoms with Crippen LogP contribution in [0.25, 0.3) is 0 Å². The van der Waals surface area contributed by atoms with Crippen LogP contribution < -0.4 is 0 Å². The van der Waals surface area contributed by atoms with Crippen molar-refractivity contribution < 1.29 is 17.5 Å². The van der Waals surface area contributed by atoms with Crippen LogP contribution in [0.1, 0.15) is 11.6 Å². The zero-order valence-electron chi connectivity index (χ0n) is 8.57. The van der Waals surface area contributed by atoms with Crippen molar-refractivity contribution in [2.75, 3.05) is 12.9 Å². The third-order valence-corrected chi connectivity index (χ3v) is 2.44. The van der Waals surface area contributed by atoms with Crippen molar-refractivity contribution in [2.24, 2.45) is 0 Å². The number of benzene rings is 1. The molecule has 0 spiro atoms. The molecule has 0 saturated heterocycles. The largest absolute Gasteiger partial charge is 0.264 e. The fourth-order valence-electron chi connectivity index (χ4n) is 1.14. The fraction of sp³-hybridized carbons (Fsp3) is 0.333. The quantitative estimate of drug-likeness (QED) is 0.438. The third-order valence-electron chi connectivity index (χ3n) is 1.88. The molecule has 0 fully saturated rings. The first-order chi connectivity index (χ1) is 7.40. The lowest BCUT2D eigenvalue weighted by Gasteiger charge is -2.08. The maximum Gasteiger partial charge on any atom is 0.264 e. The van der Waals surface area contributed by atoms with Gasteiger partial charge in [0.15, 0.2) is 0 Å². The van der Waals surface area contributed by atoms with E-state index in [1.54, 1.807) is 30.3 Å². The van der Waals surface area contributed by atoms with Crippen LogP contribution in [-0.4, -0.2) is 26.2 Å². The lowest BCUT2D eigenvalue weighted by molar-refractivity contribution is -0.531. The molecule has 0 saturated carbocycles. The lowest BCUT2D eigenvalue weighted by Crippen LogP contribution is -2.19. The van der Waals surface area contributed by atoms with Gasteiger partial charge in [-0.2, -0.15) is 8.42 Å². The van der Waals surface area contributed by atoms with Crippen LogP contribution in [0.15, 0.2) is 30.3 Å². The number of nitrogens with zero attached hydrogens (tertiary/aromatic N) is 1. The third kappa shape index (κ3) is 3.95. The molecule has 0 amide bonds. The zero-order valence-corrected chi connectivity index (χ0v) is 9.38. The van der Waals surface area contributed by atoms with Crippen molar-refractivity contribution in [3.8, 4) is 0 Å². The molecule has 0 aliphatic carbocycles. The van der Waals surface area contributed by atoms with E-state index in [1.807, 2.05) is 0 Å². The van der Waals surface area contributed by atoms with E-state index in [1.165, 1.54) is 0 Å². The second-order valence-corrected chi connectivity index (χ2v) is 4.84. The highest BCUT2D eigenvalue weighted by Crippen LogP contribution is 2.16. The van der Waals surface area contributed by atoms with Crippen LogP contribution >= 0.6 is 0 Å². The summed E-state index contributed by atoms with van der Waals surface area (Å²) in [6.07, 6.45) is 0.856. The Morgan fingerprint density at radius 3 is 2.38 bits per heavy atom. The lowest BCUT2D eigenvalue weighted by atomic mass is 10.1. The Morgan fingerprint density at radius 2 is 1.94 bits per heavy atom. The summed E-state index contributed by atoms with van der Waals surface area (Å²) >= 11 is 0. The van der Waals surface area contributed by atoms with E-state index in [9.17, 15) is 18.5 Å². The van der Waals surface area contributed by atoms with Gasteiger partial charge in [0.25, 0.3) is 16.2 Å². The van der Waals surface area contributed by atoms with Gasteiger partial charge < -0.3 is 0 Å². The first-order valence-electron chi connectivity index (χ1n) is 4.43. The Hall–Kier alpha value is -1.47. The summed E-state index contributed by atoms with van der Waals surface area (Å²) in [4.78, 5) is 10.2. The van der Waals surface area contributed by atoms with E-state index in [-0.39, 0.29) is 0 Å². The van der Waals surface area contributed by atoms with Crippen LogP contribution in [0.4, 0.5) is 0 Å². The summed E-state index contributed by atoms with van der Waals surface area (Å²) in [5, 5.41) is 10.7. The summed E-state index contributed by atoms with van der Waals surface area (Å²) in [6.45, 7) is -0.490. The fourth-order valence-corrected chi connectivity index (χ4v) is 1.52. The molecule has 0 bridgehead atoms. The van der Waals surface area contributed by atoms with Crippen molar-refractivity contribution in [2.45, 2.75) is 6.04 Å². The molecular weight excluding hydrogens is 234 g/mol. The smallest absolute Gasteiger partial charge is 0.264 e. The Kier molecular flexibility index (Phi) is 3.97. The van der Waals surface area contributed by atoms with Gasteiger partial charge in [0.2, 0.25) is 0 Å². The maximum atomic E-state index is 10.7. The average molecular weight is 245 g/mol. The van der Waals surface area contributed by atoms with Crippen molar-refractivity contribution in [1.29, 1.82) is 0 Å². The SMILES string of the molecule is CS(=O)(=O)OCC(c1ccccc1)[N+](=O)[O-]. The van der Waals surface area contributed by atoms with Gasteiger partial charge >= 0.3 is 0 Å². The van der Waals surface area contributed by atoms with Crippen LogP contribution in [0.5, 0.6) is 0 Å². The monoisotopic (exact) mass is 245 g/mol. The van der Waals surface area contributed by atoms with Crippen molar-refractivity contribution in [1.82, 2.24) is 0 Å². The predicted octanol–water partition coefficient (Wildman–Crippen LogP) is 0.981. The second kappa shape index (κ2) is 5.04. The molecule has 0 N–H and O–H groups in total. The molecule has 1 unspecified atom stereocenters. The highest BCUT2D eigenvalue weighted by molar-refractivity contribution is 7.85. The highest BCUT2D eigenvalue weighted by atomic mass is 32.2. The number of rotatable bonds is 5. The van der Waals surface area contributed by atoms with Gasteiger partial charge in [-0.3, -0.25) is 14.3 Å². The van der Waals surface area contributed by atoms with Crippen LogP contribution in [0.2, 0.25) is 0 Å². The van der Waals surface area contributed by atoms with Gasteiger partial charge in [0.1, 0.15) is 6.61 Å². The minimum atomic E-state index is -3.67. The molecule has 88 valence electrons. The van der Waals surface area contributed by atoms with E-state index < -0.39 is 27.7 Å². The van der Waals surface area contributed by atoms with Gasteiger partial charge in [-0.25, -0.2) is 0 Å². The van der Waals surface area contributed by atoms with Gasteiger partial charge in [0.05, 0.1) is 6.26 Å². The minimum Gasteiger partial charge on any atom is -0.264 e. The molecule has 6 nitrogen and oxygen atoms in total. The average Bonchev–Trinajstić information content (AvgIpc) is 2.17. The van der Waals surface area contributed by atoms with Crippen LogP contribution in [-0.2, 0) is 14.3 Å². The number of nitro groups is 1. The topological polar surface area (TPSA) is 86.5 Å². The summed E-state index contributed by atoms with van der Waals surface area (Å²) in [5.41, 5.74) is 0.413. The highest BCUT2D eigenvalue weighted by Gasteiger charge is 2.24. The van der Waals surface area contributed by atoms with Crippen molar-refractivity contribution >= 4 is 10.1 Å². The molecule has 0 aliphatic heterocycles. The molecule has 7 heteroatoms. The summed E-state index contributed by atoms with van der Waals surface area (Å²) in [7, 11) is -3.67. The van der Waals surface area contributed by atoms with E-state index in [0.717, 1.165) is 6.26 Å². The van der Waals surface area contributed by atoms with Crippen LogP contribution in [0, 0.1) is 10.1 Å². The Bertz CT molecular complexity index is 456. The van der Waals surface area contributed by atoms with Gasteiger partial charge in [-0.1, -0.05) is 30.3 Å². The molecule has 1 aromatic carbocycles. The molecule has 1 atom stereocenters. The molecule has 0 aromatic heterocycles. The van der Waals surface area contributed by atoms with Crippen LogP contribution in [0.3, 0.4) is 0 Å². The zero-order chi connectivity index (χ0) is 12.2. The van der Waals surface area contributed by atoms with Crippen molar-refractivity contribution in [3.63, 3.8) is 0 Å². The first kappa shape index (κ1) is 12.6. The maximum absolute atomic E-state index is 10.7. The number of hydrogen-bond acceptors (Lipinski definition) is 5. The Labute approximate surface area is 93.1 Å². The number of hydrogen-bond donors (Lipinski definition) is 0. The van der Waals surface area contributed by atoms with E-state index in [4.69, 9.17) is 0 Å². The van der Waals surface area contributed by atoms with Gasteiger partial charge in [-0.05, 0) is 0 Å².